The van der Waals surface area contributed by atoms with Crippen molar-refractivity contribution < 1.29 is 13.6 Å². The Morgan fingerprint density at radius 2 is 2.00 bits per heavy atom. The maximum absolute atomic E-state index is 12.6. The number of halogens is 2. The van der Waals surface area contributed by atoms with Crippen LogP contribution in [0, 0.1) is 0 Å². The van der Waals surface area contributed by atoms with Crippen molar-refractivity contribution in [3.05, 3.63) is 59.3 Å². The van der Waals surface area contributed by atoms with Gasteiger partial charge in [0.25, 0.3) is 11.7 Å². The van der Waals surface area contributed by atoms with Crippen LogP contribution in [0.5, 0.6) is 0 Å². The number of benzene rings is 1. The number of piperidine rings is 1. The molecule has 0 bridgehead atoms. The van der Waals surface area contributed by atoms with E-state index in [0.29, 0.717) is 12.6 Å². The molecule has 0 radical (unpaired) electrons. The van der Waals surface area contributed by atoms with Gasteiger partial charge in [0.15, 0.2) is 0 Å². The summed E-state index contributed by atoms with van der Waals surface area (Å²) in [4.78, 5) is 18.8. The van der Waals surface area contributed by atoms with E-state index >= 15 is 0 Å². The van der Waals surface area contributed by atoms with E-state index in [4.69, 9.17) is 0 Å². The monoisotopic (exact) mass is 405 g/mol. The minimum absolute atomic E-state index is 0.0426. The van der Waals surface area contributed by atoms with Crippen molar-refractivity contribution in [2.75, 3.05) is 6.54 Å². The molecule has 150 valence electrons. The Morgan fingerprint density at radius 3 is 2.71 bits per heavy atom. The summed E-state index contributed by atoms with van der Waals surface area (Å²) in [5.41, 5.74) is 2.39. The van der Waals surface area contributed by atoms with Gasteiger partial charge in [-0.05, 0) is 61.3 Å². The number of nitrogens with zero attached hydrogens (tertiary/aromatic N) is 2. The quantitative estimate of drug-likeness (QED) is 0.678. The van der Waals surface area contributed by atoms with Crippen LogP contribution in [-0.2, 0) is 13.1 Å². The molecule has 28 heavy (non-hydrogen) atoms. The maximum atomic E-state index is 12.6. The van der Waals surface area contributed by atoms with Gasteiger partial charge in [0.1, 0.15) is 5.03 Å². The van der Waals surface area contributed by atoms with Gasteiger partial charge in [0.2, 0.25) is 0 Å². The average Bonchev–Trinajstić information content (AvgIpc) is 2.69. The smallest absolute Gasteiger partial charge is 0.290 e. The van der Waals surface area contributed by atoms with Crippen LogP contribution in [0.3, 0.4) is 0 Å². The van der Waals surface area contributed by atoms with Crippen LogP contribution in [-0.4, -0.2) is 34.1 Å². The van der Waals surface area contributed by atoms with Crippen molar-refractivity contribution in [2.45, 2.75) is 56.1 Å². The largest absolute Gasteiger partial charge is 0.348 e. The van der Waals surface area contributed by atoms with E-state index in [1.165, 1.54) is 37.1 Å². The van der Waals surface area contributed by atoms with Crippen molar-refractivity contribution in [2.24, 2.45) is 0 Å². The summed E-state index contributed by atoms with van der Waals surface area (Å²) in [6, 6.07) is 11.9. The van der Waals surface area contributed by atoms with Gasteiger partial charge in [-0.25, -0.2) is 4.98 Å². The number of hydrogen-bond donors (Lipinski definition) is 1. The standard InChI is InChI=1S/C21H25F2N3OS/c1-15-5-2-3-12-26(15)14-17-9-7-16(8-10-17)13-25-19(27)18-6-4-11-24-20(18)28-21(22)23/h4,6-11,15,21H,2-3,5,12-14H2,1H3,(H,25,27). The normalized spacial score (nSPS) is 17.6. The molecule has 1 atom stereocenters. The number of hydrogen-bond acceptors (Lipinski definition) is 4. The summed E-state index contributed by atoms with van der Waals surface area (Å²) in [7, 11) is 0. The van der Waals surface area contributed by atoms with Crippen LogP contribution in [0.2, 0.25) is 0 Å². The highest BCUT2D eigenvalue weighted by Crippen LogP contribution is 2.26. The molecule has 4 nitrogen and oxygen atoms in total. The zero-order chi connectivity index (χ0) is 19.9. The zero-order valence-electron chi connectivity index (χ0n) is 15.9. The van der Waals surface area contributed by atoms with Gasteiger partial charge in [0, 0.05) is 25.3 Å². The number of thioether (sulfide) groups is 1. The van der Waals surface area contributed by atoms with E-state index in [0.717, 1.165) is 18.7 Å². The third kappa shape index (κ3) is 5.75. The molecule has 1 aliphatic heterocycles. The molecule has 0 saturated carbocycles. The third-order valence-electron chi connectivity index (χ3n) is 5.02. The fourth-order valence-electron chi connectivity index (χ4n) is 3.41. The molecule has 2 aromatic rings. The number of alkyl halides is 2. The summed E-state index contributed by atoms with van der Waals surface area (Å²) in [6.45, 7) is 4.70. The highest BCUT2D eigenvalue weighted by molar-refractivity contribution is 7.99. The lowest BCUT2D eigenvalue weighted by molar-refractivity contribution is 0.0947. The lowest BCUT2D eigenvalue weighted by atomic mass is 10.0. The Hall–Kier alpha value is -1.99. The van der Waals surface area contributed by atoms with Crippen molar-refractivity contribution in [1.29, 1.82) is 0 Å². The molecule has 1 amide bonds. The van der Waals surface area contributed by atoms with E-state index in [9.17, 15) is 13.6 Å². The Morgan fingerprint density at radius 1 is 1.25 bits per heavy atom. The highest BCUT2D eigenvalue weighted by atomic mass is 32.2. The number of amides is 1. The van der Waals surface area contributed by atoms with E-state index in [1.807, 2.05) is 12.1 Å². The first-order valence-corrected chi connectivity index (χ1v) is 10.4. The van der Waals surface area contributed by atoms with Crippen molar-refractivity contribution in [3.63, 3.8) is 0 Å². The van der Waals surface area contributed by atoms with Gasteiger partial charge in [0.05, 0.1) is 5.56 Å². The van der Waals surface area contributed by atoms with E-state index in [2.05, 4.69) is 34.3 Å². The zero-order valence-corrected chi connectivity index (χ0v) is 16.7. The number of pyridine rings is 1. The van der Waals surface area contributed by atoms with E-state index in [1.54, 1.807) is 6.07 Å². The topological polar surface area (TPSA) is 45.2 Å². The maximum Gasteiger partial charge on any atom is 0.290 e. The molecule has 7 heteroatoms. The molecule has 1 N–H and O–H groups in total. The average molecular weight is 406 g/mol. The molecule has 1 aromatic heterocycles. The lowest BCUT2D eigenvalue weighted by Gasteiger charge is -2.33. The number of carbonyl (C=O) groups is 1. The van der Waals surface area contributed by atoms with Crippen molar-refractivity contribution >= 4 is 17.7 Å². The summed E-state index contributed by atoms with van der Waals surface area (Å²) < 4.78 is 25.3. The molecular formula is C21H25F2N3OS. The minimum Gasteiger partial charge on any atom is -0.348 e. The van der Waals surface area contributed by atoms with Crippen LogP contribution in [0.25, 0.3) is 0 Å². The van der Waals surface area contributed by atoms with Crippen LogP contribution in [0.1, 0.15) is 47.7 Å². The number of rotatable bonds is 7. The Kier molecular flexibility index (Phi) is 7.39. The number of nitrogens with one attached hydrogen (secondary N) is 1. The molecular weight excluding hydrogens is 380 g/mol. The summed E-state index contributed by atoms with van der Waals surface area (Å²) in [5.74, 6) is -3.01. The molecule has 2 heterocycles. The van der Waals surface area contributed by atoms with Crippen LogP contribution in [0.4, 0.5) is 8.78 Å². The molecule has 1 unspecified atom stereocenters. The molecule has 1 saturated heterocycles. The van der Waals surface area contributed by atoms with Crippen LogP contribution >= 0.6 is 11.8 Å². The van der Waals surface area contributed by atoms with E-state index in [-0.39, 0.29) is 22.4 Å². The molecule has 1 aliphatic rings. The molecule has 1 fully saturated rings. The lowest BCUT2D eigenvalue weighted by Crippen LogP contribution is -2.36. The second kappa shape index (κ2) is 9.98. The van der Waals surface area contributed by atoms with Gasteiger partial charge >= 0.3 is 0 Å². The van der Waals surface area contributed by atoms with Gasteiger partial charge in [-0.15, -0.1) is 0 Å². The molecule has 1 aromatic carbocycles. The first-order valence-electron chi connectivity index (χ1n) is 9.53. The SMILES string of the molecule is CC1CCCCN1Cc1ccc(CNC(=O)c2cccnc2SC(F)F)cc1. The van der Waals surface area contributed by atoms with E-state index < -0.39 is 11.7 Å². The molecule has 0 spiro atoms. The Bertz CT molecular complexity index is 785. The Labute approximate surface area is 168 Å². The first kappa shape index (κ1) is 20.7. The van der Waals surface area contributed by atoms with Crippen molar-refractivity contribution in [1.82, 2.24) is 15.2 Å². The van der Waals surface area contributed by atoms with Gasteiger partial charge < -0.3 is 5.32 Å². The number of carbonyl (C=O) groups excluding carboxylic acids is 1. The van der Waals surface area contributed by atoms with Crippen molar-refractivity contribution in [3.8, 4) is 0 Å². The first-order chi connectivity index (χ1) is 13.5. The predicted octanol–water partition coefficient (Wildman–Crippen LogP) is 4.70. The summed E-state index contributed by atoms with van der Waals surface area (Å²) >= 11 is 0.284. The second-order valence-electron chi connectivity index (χ2n) is 7.05. The Balaban J connectivity index is 1.55. The number of likely N-dealkylation sites (tertiary alicyclic amines) is 1. The fraction of sp³-hybridized carbons (Fsp3) is 0.429. The van der Waals surface area contributed by atoms with Gasteiger partial charge in [-0.2, -0.15) is 8.78 Å². The van der Waals surface area contributed by atoms with Crippen LogP contribution in [0.15, 0.2) is 47.6 Å². The summed E-state index contributed by atoms with van der Waals surface area (Å²) in [6.07, 6.45) is 5.23. The number of aromatic nitrogens is 1. The highest BCUT2D eigenvalue weighted by Gasteiger charge is 2.18. The molecule has 3 rings (SSSR count). The minimum atomic E-state index is -2.61. The second-order valence-corrected chi connectivity index (χ2v) is 8.03. The van der Waals surface area contributed by atoms with Gasteiger partial charge in [-0.3, -0.25) is 9.69 Å². The molecule has 0 aliphatic carbocycles. The van der Waals surface area contributed by atoms with Gasteiger partial charge in [-0.1, -0.05) is 30.7 Å². The summed E-state index contributed by atoms with van der Waals surface area (Å²) in [5, 5.41) is 2.83. The fourth-order valence-corrected chi connectivity index (χ4v) is 3.99. The predicted molar refractivity (Wildman–Crippen MR) is 107 cm³/mol. The third-order valence-corrected chi connectivity index (χ3v) is 5.75. The van der Waals surface area contributed by atoms with Crippen LogP contribution < -0.4 is 5.32 Å².